The highest BCUT2D eigenvalue weighted by Crippen LogP contribution is 1.98. The van der Waals surface area contributed by atoms with Gasteiger partial charge in [-0.1, -0.05) is 18.2 Å². The molecule has 6 nitrogen and oxygen atoms in total. The van der Waals surface area contributed by atoms with E-state index in [2.05, 4.69) is 5.32 Å². The van der Waals surface area contributed by atoms with Gasteiger partial charge in [-0.15, -0.1) is 0 Å². The Labute approximate surface area is 92.4 Å². The van der Waals surface area contributed by atoms with E-state index in [1.165, 1.54) is 0 Å². The zero-order chi connectivity index (χ0) is 12.0. The minimum atomic E-state index is -1.04. The van der Waals surface area contributed by atoms with Crippen LogP contribution in [-0.4, -0.2) is 29.6 Å². The summed E-state index contributed by atoms with van der Waals surface area (Å²) in [5.74, 6) is 3.81. The van der Waals surface area contributed by atoms with Gasteiger partial charge in [0.1, 0.15) is 6.04 Å². The van der Waals surface area contributed by atoms with Crippen molar-refractivity contribution >= 4 is 11.8 Å². The third kappa shape index (κ3) is 3.04. The van der Waals surface area contributed by atoms with Gasteiger partial charge >= 0.3 is 0 Å². The van der Waals surface area contributed by atoms with E-state index >= 15 is 0 Å². The first-order chi connectivity index (χ1) is 7.69. The second-order valence-electron chi connectivity index (χ2n) is 3.08. The van der Waals surface area contributed by atoms with Crippen molar-refractivity contribution in [1.29, 1.82) is 0 Å². The van der Waals surface area contributed by atoms with Crippen LogP contribution in [0.3, 0.4) is 0 Å². The molecule has 1 aromatic carbocycles. The summed E-state index contributed by atoms with van der Waals surface area (Å²) in [6.07, 6.45) is 0. The van der Waals surface area contributed by atoms with Gasteiger partial charge in [-0.05, 0) is 12.1 Å². The molecule has 0 radical (unpaired) electrons. The number of hydrogen-bond donors (Lipinski definition) is 4. The first-order valence-corrected chi connectivity index (χ1v) is 4.66. The number of hydrogen-bond acceptors (Lipinski definition) is 4. The highest BCUT2D eigenvalue weighted by atomic mass is 16.3. The van der Waals surface area contributed by atoms with Gasteiger partial charge in [-0.2, -0.15) is 0 Å². The van der Waals surface area contributed by atoms with Crippen LogP contribution in [0, 0.1) is 0 Å². The van der Waals surface area contributed by atoms with Crippen molar-refractivity contribution in [2.45, 2.75) is 6.04 Å². The van der Waals surface area contributed by atoms with Gasteiger partial charge in [0.15, 0.2) is 0 Å². The Morgan fingerprint density at radius 3 is 2.44 bits per heavy atom. The molecule has 0 aliphatic heterocycles. The molecule has 0 saturated heterocycles. The number of carbonyl (C=O) groups excluding carboxylic acids is 2. The number of nitrogens with two attached hydrogens (primary N) is 1. The van der Waals surface area contributed by atoms with E-state index < -0.39 is 24.5 Å². The molecule has 5 N–H and O–H groups in total. The van der Waals surface area contributed by atoms with Crippen LogP contribution in [0.2, 0.25) is 0 Å². The van der Waals surface area contributed by atoms with Crippen molar-refractivity contribution < 1.29 is 14.7 Å². The average Bonchev–Trinajstić information content (AvgIpc) is 2.35. The summed E-state index contributed by atoms with van der Waals surface area (Å²) in [5, 5.41) is 11.2. The fourth-order valence-corrected chi connectivity index (χ4v) is 1.13. The minimum Gasteiger partial charge on any atom is -0.394 e. The van der Waals surface area contributed by atoms with Crippen molar-refractivity contribution in [2.75, 3.05) is 6.61 Å². The van der Waals surface area contributed by atoms with Gasteiger partial charge in [0.2, 0.25) is 0 Å². The van der Waals surface area contributed by atoms with Crippen LogP contribution in [0.5, 0.6) is 0 Å². The quantitative estimate of drug-likeness (QED) is 0.291. The molecule has 0 saturated carbocycles. The van der Waals surface area contributed by atoms with E-state index in [4.69, 9.17) is 10.9 Å². The van der Waals surface area contributed by atoms with Crippen LogP contribution in [0.4, 0.5) is 0 Å². The maximum atomic E-state index is 11.6. The first kappa shape index (κ1) is 12.2. The molecule has 2 amide bonds. The van der Waals surface area contributed by atoms with Crippen LogP contribution in [-0.2, 0) is 4.79 Å². The zero-order valence-corrected chi connectivity index (χ0v) is 8.51. The number of carbonyl (C=O) groups is 2. The third-order valence-corrected chi connectivity index (χ3v) is 1.98. The molecule has 0 unspecified atom stereocenters. The van der Waals surface area contributed by atoms with Crippen molar-refractivity contribution in [3.8, 4) is 0 Å². The predicted molar refractivity (Wildman–Crippen MR) is 57.1 cm³/mol. The molecule has 1 aromatic rings. The van der Waals surface area contributed by atoms with Crippen molar-refractivity contribution in [3.05, 3.63) is 35.9 Å². The summed E-state index contributed by atoms with van der Waals surface area (Å²) in [7, 11) is 0. The van der Waals surface area contributed by atoms with E-state index in [-0.39, 0.29) is 0 Å². The Morgan fingerprint density at radius 1 is 1.31 bits per heavy atom. The van der Waals surface area contributed by atoms with Gasteiger partial charge in [0.05, 0.1) is 6.61 Å². The largest absolute Gasteiger partial charge is 0.394 e. The SMILES string of the molecule is NNC(=O)[C@H](CO)NC(=O)c1ccccc1. The summed E-state index contributed by atoms with van der Waals surface area (Å²) in [6.45, 7) is -0.512. The molecular formula is C10H13N3O3. The number of rotatable bonds is 4. The second-order valence-corrected chi connectivity index (χ2v) is 3.08. The molecule has 0 fully saturated rings. The summed E-state index contributed by atoms with van der Waals surface area (Å²) < 4.78 is 0. The molecule has 1 rings (SSSR count). The Bertz CT molecular complexity index is 367. The lowest BCUT2D eigenvalue weighted by atomic mass is 10.2. The van der Waals surface area contributed by atoms with Gasteiger partial charge in [0.25, 0.3) is 11.8 Å². The Morgan fingerprint density at radius 2 is 1.94 bits per heavy atom. The molecule has 0 heterocycles. The molecule has 0 spiro atoms. The number of aliphatic hydroxyl groups is 1. The van der Waals surface area contributed by atoms with Crippen LogP contribution in [0.1, 0.15) is 10.4 Å². The smallest absolute Gasteiger partial charge is 0.258 e. The molecule has 0 bridgehead atoms. The van der Waals surface area contributed by atoms with Gasteiger partial charge in [-0.25, -0.2) is 5.84 Å². The number of amides is 2. The molecule has 86 valence electrons. The zero-order valence-electron chi connectivity index (χ0n) is 8.51. The normalized spacial score (nSPS) is 11.6. The second kappa shape index (κ2) is 5.84. The van der Waals surface area contributed by atoms with Crippen LogP contribution >= 0.6 is 0 Å². The van der Waals surface area contributed by atoms with Crippen molar-refractivity contribution in [3.63, 3.8) is 0 Å². The van der Waals surface area contributed by atoms with Crippen molar-refractivity contribution in [1.82, 2.24) is 10.7 Å². The number of benzene rings is 1. The van der Waals surface area contributed by atoms with E-state index in [0.29, 0.717) is 5.56 Å². The summed E-state index contributed by atoms with van der Waals surface area (Å²) in [5.41, 5.74) is 2.27. The molecule has 0 aliphatic rings. The standard InChI is InChI=1S/C10H13N3O3/c11-13-10(16)8(6-14)12-9(15)7-4-2-1-3-5-7/h1-5,8,14H,6,11H2,(H,12,15)(H,13,16)/t8-/m0/s1. The maximum absolute atomic E-state index is 11.6. The average molecular weight is 223 g/mol. The Hall–Kier alpha value is -1.92. The van der Waals surface area contributed by atoms with Gasteiger partial charge in [0, 0.05) is 5.56 Å². The lowest BCUT2D eigenvalue weighted by molar-refractivity contribution is -0.123. The van der Waals surface area contributed by atoms with Crippen LogP contribution in [0.15, 0.2) is 30.3 Å². The lowest BCUT2D eigenvalue weighted by Crippen LogP contribution is -2.50. The molecule has 0 aromatic heterocycles. The van der Waals surface area contributed by atoms with Crippen molar-refractivity contribution in [2.24, 2.45) is 5.84 Å². The first-order valence-electron chi connectivity index (χ1n) is 4.66. The fraction of sp³-hybridized carbons (Fsp3) is 0.200. The third-order valence-electron chi connectivity index (χ3n) is 1.98. The number of nitrogens with one attached hydrogen (secondary N) is 2. The molecule has 6 heteroatoms. The Balaban J connectivity index is 2.66. The van der Waals surface area contributed by atoms with Crippen LogP contribution < -0.4 is 16.6 Å². The molecule has 0 aliphatic carbocycles. The fourth-order valence-electron chi connectivity index (χ4n) is 1.13. The lowest BCUT2D eigenvalue weighted by Gasteiger charge is -2.14. The van der Waals surface area contributed by atoms with E-state index in [1.54, 1.807) is 30.3 Å². The van der Waals surface area contributed by atoms with E-state index in [0.717, 1.165) is 0 Å². The molecule has 16 heavy (non-hydrogen) atoms. The predicted octanol–water partition coefficient (Wildman–Crippen LogP) is -1.23. The summed E-state index contributed by atoms with van der Waals surface area (Å²) in [4.78, 5) is 22.7. The number of aliphatic hydroxyl groups excluding tert-OH is 1. The maximum Gasteiger partial charge on any atom is 0.258 e. The van der Waals surface area contributed by atoms with Gasteiger partial charge in [-0.3, -0.25) is 15.0 Å². The Kier molecular flexibility index (Phi) is 4.43. The van der Waals surface area contributed by atoms with Crippen LogP contribution in [0.25, 0.3) is 0 Å². The molecular weight excluding hydrogens is 210 g/mol. The topological polar surface area (TPSA) is 104 Å². The van der Waals surface area contributed by atoms with E-state index in [1.807, 2.05) is 5.43 Å². The highest BCUT2D eigenvalue weighted by Gasteiger charge is 2.19. The summed E-state index contributed by atoms with van der Waals surface area (Å²) in [6, 6.07) is 7.33. The van der Waals surface area contributed by atoms with E-state index in [9.17, 15) is 9.59 Å². The summed E-state index contributed by atoms with van der Waals surface area (Å²) >= 11 is 0. The van der Waals surface area contributed by atoms with Gasteiger partial charge < -0.3 is 10.4 Å². The highest BCUT2D eigenvalue weighted by molar-refractivity contribution is 5.97. The minimum absolute atomic E-state index is 0.408. The number of hydrazine groups is 1. The molecule has 1 atom stereocenters. The monoisotopic (exact) mass is 223 g/mol.